The SMILES string of the molecule is CNC(=O)c1ccc(/C=C/C(=O)NCC(=O)N(C)c2ccc(Cl)c(COc3cccc4c(OC5CCCC5)cc(C)nc34)c2Cl)cc1.Cl. The highest BCUT2D eigenvalue weighted by Crippen LogP contribution is 2.37. The second kappa shape index (κ2) is 16.7. The number of anilines is 1. The van der Waals surface area contributed by atoms with Crippen molar-refractivity contribution in [3.63, 3.8) is 0 Å². The zero-order valence-electron chi connectivity index (χ0n) is 26.8. The summed E-state index contributed by atoms with van der Waals surface area (Å²) in [7, 11) is 3.13. The summed E-state index contributed by atoms with van der Waals surface area (Å²) in [6.45, 7) is 1.70. The van der Waals surface area contributed by atoms with Crippen molar-refractivity contribution in [3.8, 4) is 11.5 Å². The Balaban J connectivity index is 0.00000520. The number of aryl methyl sites for hydroxylation is 1. The highest BCUT2D eigenvalue weighted by Gasteiger charge is 2.21. The van der Waals surface area contributed by atoms with Gasteiger partial charge in [-0.25, -0.2) is 4.98 Å². The molecule has 1 fully saturated rings. The van der Waals surface area contributed by atoms with E-state index >= 15 is 0 Å². The van der Waals surface area contributed by atoms with Gasteiger partial charge < -0.3 is 25.0 Å². The molecule has 9 nitrogen and oxygen atoms in total. The molecule has 1 saturated carbocycles. The van der Waals surface area contributed by atoms with Crippen LogP contribution in [0.15, 0.2) is 66.7 Å². The first-order chi connectivity index (χ1) is 22.6. The number of hydrogen-bond acceptors (Lipinski definition) is 6. The van der Waals surface area contributed by atoms with E-state index in [1.165, 1.54) is 23.8 Å². The van der Waals surface area contributed by atoms with Gasteiger partial charge in [-0.05, 0) is 80.6 Å². The first-order valence-electron chi connectivity index (χ1n) is 15.4. The van der Waals surface area contributed by atoms with Crippen LogP contribution in [0.4, 0.5) is 5.69 Å². The molecule has 1 aliphatic carbocycles. The second-order valence-corrected chi connectivity index (χ2v) is 12.1. The maximum absolute atomic E-state index is 13.0. The topological polar surface area (TPSA) is 110 Å². The highest BCUT2D eigenvalue weighted by molar-refractivity contribution is 6.38. The van der Waals surface area contributed by atoms with Crippen molar-refractivity contribution in [2.75, 3.05) is 25.5 Å². The summed E-state index contributed by atoms with van der Waals surface area (Å²) in [4.78, 5) is 43.2. The molecule has 1 aliphatic rings. The number of amides is 3. The van der Waals surface area contributed by atoms with Crippen LogP contribution in [-0.4, -0.2) is 49.4 Å². The number of nitrogens with zero attached hydrogens (tertiary/aromatic N) is 2. The molecule has 0 bridgehead atoms. The average Bonchev–Trinajstić information content (AvgIpc) is 3.59. The molecule has 0 aliphatic heterocycles. The highest BCUT2D eigenvalue weighted by atomic mass is 35.5. The lowest BCUT2D eigenvalue weighted by molar-refractivity contribution is -0.122. The monoisotopic (exact) mass is 710 g/mol. The summed E-state index contributed by atoms with van der Waals surface area (Å²) < 4.78 is 12.6. The van der Waals surface area contributed by atoms with Gasteiger partial charge in [0.2, 0.25) is 11.8 Å². The molecule has 1 heterocycles. The Morgan fingerprint density at radius 1 is 1.02 bits per heavy atom. The maximum atomic E-state index is 13.0. The lowest BCUT2D eigenvalue weighted by Gasteiger charge is -2.21. The predicted molar refractivity (Wildman–Crippen MR) is 193 cm³/mol. The molecule has 0 unspecified atom stereocenters. The summed E-state index contributed by atoms with van der Waals surface area (Å²) in [6.07, 6.45) is 7.56. The van der Waals surface area contributed by atoms with E-state index in [0.717, 1.165) is 35.2 Å². The Bertz CT molecular complexity index is 1830. The number of hydrogen-bond donors (Lipinski definition) is 2. The molecule has 48 heavy (non-hydrogen) atoms. The van der Waals surface area contributed by atoms with Crippen molar-refractivity contribution >= 4 is 76.0 Å². The largest absolute Gasteiger partial charge is 0.490 e. The van der Waals surface area contributed by atoms with Gasteiger partial charge in [0, 0.05) is 53.5 Å². The molecule has 0 spiro atoms. The fourth-order valence-corrected chi connectivity index (χ4v) is 5.98. The van der Waals surface area contributed by atoms with Crippen LogP contribution in [0.5, 0.6) is 11.5 Å². The molecule has 3 aromatic carbocycles. The van der Waals surface area contributed by atoms with E-state index in [2.05, 4.69) is 10.6 Å². The normalized spacial score (nSPS) is 12.9. The number of carbonyl (C=O) groups is 3. The lowest BCUT2D eigenvalue weighted by Crippen LogP contribution is -2.37. The fourth-order valence-electron chi connectivity index (χ4n) is 5.38. The van der Waals surface area contributed by atoms with Gasteiger partial charge in [-0.1, -0.05) is 41.4 Å². The van der Waals surface area contributed by atoms with Crippen molar-refractivity contribution in [1.82, 2.24) is 15.6 Å². The Kier molecular flexibility index (Phi) is 12.7. The zero-order valence-corrected chi connectivity index (χ0v) is 29.2. The molecule has 1 aromatic heterocycles. The van der Waals surface area contributed by atoms with Crippen LogP contribution in [0.1, 0.15) is 52.9 Å². The Morgan fingerprint density at radius 2 is 1.75 bits per heavy atom. The Morgan fingerprint density at radius 3 is 2.46 bits per heavy atom. The van der Waals surface area contributed by atoms with Crippen LogP contribution in [0.25, 0.3) is 17.0 Å². The number of nitrogens with one attached hydrogen (secondary N) is 2. The Hall–Kier alpha value is -4.31. The van der Waals surface area contributed by atoms with Crippen LogP contribution in [0.2, 0.25) is 10.0 Å². The van der Waals surface area contributed by atoms with Crippen molar-refractivity contribution in [3.05, 3.63) is 99.2 Å². The van der Waals surface area contributed by atoms with E-state index in [9.17, 15) is 14.4 Å². The number of rotatable bonds is 11. The minimum atomic E-state index is -0.450. The van der Waals surface area contributed by atoms with Gasteiger partial charge in [-0.2, -0.15) is 0 Å². The van der Waals surface area contributed by atoms with E-state index in [1.54, 1.807) is 56.6 Å². The van der Waals surface area contributed by atoms with Crippen LogP contribution >= 0.6 is 35.6 Å². The van der Waals surface area contributed by atoms with Crippen LogP contribution in [0.3, 0.4) is 0 Å². The summed E-state index contributed by atoms with van der Waals surface area (Å²) in [6, 6.07) is 17.7. The molecule has 252 valence electrons. The summed E-state index contributed by atoms with van der Waals surface area (Å²) in [5, 5.41) is 6.66. The molecule has 0 atom stereocenters. The van der Waals surface area contributed by atoms with Crippen molar-refractivity contribution in [2.45, 2.75) is 45.3 Å². The third kappa shape index (κ3) is 8.78. The number of fused-ring (bicyclic) bond motifs is 1. The number of ether oxygens (including phenoxy) is 2. The second-order valence-electron chi connectivity index (χ2n) is 11.3. The molecular weight excluding hydrogens is 675 g/mol. The molecule has 5 rings (SSSR count). The van der Waals surface area contributed by atoms with E-state index in [4.69, 9.17) is 37.7 Å². The van der Waals surface area contributed by atoms with Gasteiger partial charge in [0.25, 0.3) is 5.91 Å². The quantitative estimate of drug-likeness (QED) is 0.158. The average molecular weight is 712 g/mol. The van der Waals surface area contributed by atoms with Crippen molar-refractivity contribution < 1.29 is 23.9 Å². The molecule has 4 aromatic rings. The molecule has 0 radical (unpaired) electrons. The third-order valence-corrected chi connectivity index (χ3v) is 8.78. The third-order valence-electron chi connectivity index (χ3n) is 8.00. The fraction of sp³-hybridized carbons (Fsp3) is 0.278. The Labute approximate surface area is 296 Å². The number of carbonyl (C=O) groups excluding carboxylic acids is 3. The molecular formula is C36H37Cl3N4O5. The van der Waals surface area contributed by atoms with E-state index < -0.39 is 5.91 Å². The number of benzene rings is 3. The van der Waals surface area contributed by atoms with Crippen LogP contribution < -0.4 is 25.0 Å². The smallest absolute Gasteiger partial charge is 0.251 e. The summed E-state index contributed by atoms with van der Waals surface area (Å²) in [5.41, 5.74) is 3.66. The number of pyridine rings is 1. The first-order valence-corrected chi connectivity index (χ1v) is 16.1. The molecule has 0 saturated heterocycles. The number of halogens is 3. The van der Waals surface area contributed by atoms with Gasteiger partial charge >= 0.3 is 0 Å². The van der Waals surface area contributed by atoms with Gasteiger partial charge in [0.05, 0.1) is 23.4 Å². The minimum Gasteiger partial charge on any atom is -0.490 e. The number of aromatic nitrogens is 1. The number of para-hydroxylation sites is 1. The van der Waals surface area contributed by atoms with Gasteiger partial charge in [-0.3, -0.25) is 14.4 Å². The molecule has 12 heteroatoms. The zero-order chi connectivity index (χ0) is 33.5. The first kappa shape index (κ1) is 36.5. The standard InChI is InChI=1S/C36H36Cl2N4O5.ClH/c1-22-19-31(47-25-7-4-5-8-25)26-9-6-10-30(35(26)41-22)46-21-27-28(37)16-17-29(34(27)38)42(3)33(44)20-40-32(43)18-13-23-11-14-24(15-12-23)36(45)39-2;/h6,9-19,25H,4-5,7-8,20-21H2,1-3H3,(H,39,45)(H,40,43);1H/b18-13+;. The lowest BCUT2D eigenvalue weighted by atomic mass is 10.1. The van der Waals surface area contributed by atoms with E-state index in [-0.39, 0.29) is 48.5 Å². The number of likely N-dealkylation sites (N-methyl/N-ethyl adjacent to an activating group) is 1. The summed E-state index contributed by atoms with van der Waals surface area (Å²) >= 11 is 13.3. The van der Waals surface area contributed by atoms with Crippen LogP contribution in [-0.2, 0) is 16.2 Å². The summed E-state index contributed by atoms with van der Waals surface area (Å²) in [5.74, 6) is 0.317. The van der Waals surface area contributed by atoms with Gasteiger partial charge in [-0.15, -0.1) is 12.4 Å². The predicted octanol–water partition coefficient (Wildman–Crippen LogP) is 7.32. The molecule has 3 amide bonds. The minimum absolute atomic E-state index is 0. The van der Waals surface area contributed by atoms with Gasteiger partial charge in [0.15, 0.2) is 0 Å². The van der Waals surface area contributed by atoms with E-state index in [0.29, 0.717) is 33.1 Å². The van der Waals surface area contributed by atoms with Crippen LogP contribution in [0, 0.1) is 6.92 Å². The maximum Gasteiger partial charge on any atom is 0.251 e. The molecule has 2 N–H and O–H groups in total. The van der Waals surface area contributed by atoms with Crippen molar-refractivity contribution in [1.29, 1.82) is 0 Å². The van der Waals surface area contributed by atoms with E-state index in [1.807, 2.05) is 31.2 Å². The van der Waals surface area contributed by atoms with Crippen molar-refractivity contribution in [2.24, 2.45) is 0 Å². The van der Waals surface area contributed by atoms with Gasteiger partial charge in [0.1, 0.15) is 23.6 Å².